The second-order valence-corrected chi connectivity index (χ2v) is 8.09. The number of fused-ring (bicyclic) bond motifs is 1. The fraction of sp³-hybridized carbons (Fsp3) is 0.192. The monoisotopic (exact) mass is 399 g/mol. The number of benzene rings is 3. The summed E-state index contributed by atoms with van der Waals surface area (Å²) in [7, 11) is 4.32. The van der Waals surface area contributed by atoms with Gasteiger partial charge in [0.15, 0.2) is 6.04 Å². The predicted octanol–water partition coefficient (Wildman–Crippen LogP) is 2.50. The van der Waals surface area contributed by atoms with Gasteiger partial charge in [0.2, 0.25) is 5.78 Å². The number of carbonyl (C=O) groups is 1. The number of para-hydroxylation sites is 1. The van der Waals surface area contributed by atoms with Crippen LogP contribution >= 0.6 is 0 Å². The van der Waals surface area contributed by atoms with E-state index in [1.807, 2.05) is 60.8 Å². The molecule has 4 heteroatoms. The van der Waals surface area contributed by atoms with E-state index in [0.29, 0.717) is 0 Å². The summed E-state index contributed by atoms with van der Waals surface area (Å²) < 4.78 is 0. The van der Waals surface area contributed by atoms with Crippen molar-refractivity contribution in [3.05, 3.63) is 107 Å². The molecule has 4 N–H and O–H groups in total. The van der Waals surface area contributed by atoms with Crippen molar-refractivity contribution in [1.29, 1.82) is 0 Å². The van der Waals surface area contributed by atoms with Gasteiger partial charge in [-0.2, -0.15) is 0 Å². The van der Waals surface area contributed by atoms with Crippen molar-refractivity contribution in [2.75, 3.05) is 14.1 Å². The van der Waals surface area contributed by atoms with Crippen molar-refractivity contribution in [3.63, 3.8) is 0 Å². The molecule has 30 heavy (non-hydrogen) atoms. The van der Waals surface area contributed by atoms with Gasteiger partial charge in [0.25, 0.3) is 0 Å². The average Bonchev–Trinajstić information content (AvgIpc) is 3.19. The number of carbonyl (C=O) groups excluding carboxylic acids is 1. The molecule has 4 rings (SSSR count). The third-order valence-corrected chi connectivity index (χ3v) is 5.53. The Morgan fingerprint density at radius 1 is 0.900 bits per heavy atom. The number of hydrogen-bond donors (Lipinski definition) is 3. The van der Waals surface area contributed by atoms with Gasteiger partial charge in [-0.15, -0.1) is 0 Å². The SMILES string of the molecule is C[NH+](C)Cc1ccccc1C[NH2+][C@H](C(=O)c1c[nH]c2ccccc12)c1ccccc1. The van der Waals surface area contributed by atoms with Gasteiger partial charge in [-0.05, 0) is 6.07 Å². The van der Waals surface area contributed by atoms with Crippen molar-refractivity contribution in [3.8, 4) is 0 Å². The van der Waals surface area contributed by atoms with E-state index in [4.69, 9.17) is 0 Å². The highest BCUT2D eigenvalue weighted by Crippen LogP contribution is 2.23. The molecule has 0 unspecified atom stereocenters. The summed E-state index contributed by atoms with van der Waals surface area (Å²) in [5.74, 6) is 0.134. The maximum Gasteiger partial charge on any atom is 0.226 e. The average molecular weight is 400 g/mol. The summed E-state index contributed by atoms with van der Waals surface area (Å²) in [5.41, 5.74) is 5.39. The lowest BCUT2D eigenvalue weighted by Gasteiger charge is -2.17. The molecule has 4 nitrogen and oxygen atoms in total. The Labute approximate surface area is 177 Å². The van der Waals surface area contributed by atoms with E-state index in [0.717, 1.165) is 35.1 Å². The topological polar surface area (TPSA) is 53.9 Å². The number of H-pyrrole nitrogens is 1. The normalized spacial score (nSPS) is 12.4. The van der Waals surface area contributed by atoms with Crippen LogP contribution in [0.15, 0.2) is 85.1 Å². The number of nitrogens with two attached hydrogens (primary N) is 1. The minimum absolute atomic E-state index is 0.134. The number of hydrogen-bond acceptors (Lipinski definition) is 1. The maximum atomic E-state index is 13.6. The molecule has 0 bridgehead atoms. The number of aromatic nitrogens is 1. The summed E-state index contributed by atoms with van der Waals surface area (Å²) in [6.07, 6.45) is 1.85. The summed E-state index contributed by atoms with van der Waals surface area (Å²) in [4.78, 5) is 18.3. The van der Waals surface area contributed by atoms with Gasteiger partial charge in [-0.3, -0.25) is 4.79 Å². The third-order valence-electron chi connectivity index (χ3n) is 5.53. The van der Waals surface area contributed by atoms with Crippen molar-refractivity contribution in [2.45, 2.75) is 19.1 Å². The molecular weight excluding hydrogens is 370 g/mol. The Kier molecular flexibility index (Phi) is 6.07. The Morgan fingerprint density at radius 2 is 1.57 bits per heavy atom. The lowest BCUT2D eigenvalue weighted by molar-refractivity contribution is -0.872. The second-order valence-electron chi connectivity index (χ2n) is 8.09. The van der Waals surface area contributed by atoms with Crippen LogP contribution in [0.2, 0.25) is 0 Å². The predicted molar refractivity (Wildman–Crippen MR) is 120 cm³/mol. The Morgan fingerprint density at radius 3 is 2.33 bits per heavy atom. The molecule has 0 aliphatic heterocycles. The van der Waals surface area contributed by atoms with Gasteiger partial charge in [0, 0.05) is 39.4 Å². The van der Waals surface area contributed by atoms with Crippen molar-refractivity contribution in [1.82, 2.24) is 4.98 Å². The number of nitrogens with one attached hydrogen (secondary N) is 2. The van der Waals surface area contributed by atoms with Crippen LogP contribution in [-0.4, -0.2) is 24.9 Å². The van der Waals surface area contributed by atoms with Gasteiger partial charge in [-0.25, -0.2) is 0 Å². The zero-order valence-corrected chi connectivity index (χ0v) is 17.6. The standard InChI is InChI=1S/C26H27N3O/c1-29(2)18-21-13-7-6-12-20(21)16-28-25(19-10-4-3-5-11-19)26(30)23-17-27-24-15-9-8-14-22(23)24/h3-15,17,25,27-28H,16,18H2,1-2H3/p+2/t25-/m0/s1. The van der Waals surface area contributed by atoms with E-state index in [-0.39, 0.29) is 11.8 Å². The van der Waals surface area contributed by atoms with E-state index in [2.05, 4.69) is 48.7 Å². The van der Waals surface area contributed by atoms with Crippen LogP contribution < -0.4 is 10.2 Å². The number of Topliss-reactive ketones (excluding diaryl/α,β-unsaturated/α-hetero) is 1. The van der Waals surface area contributed by atoms with E-state index >= 15 is 0 Å². The minimum Gasteiger partial charge on any atom is -0.360 e. The zero-order valence-electron chi connectivity index (χ0n) is 17.6. The first-order valence-corrected chi connectivity index (χ1v) is 10.5. The lowest BCUT2D eigenvalue weighted by Crippen LogP contribution is -3.04. The minimum atomic E-state index is -0.287. The molecule has 1 aromatic heterocycles. The first-order chi connectivity index (χ1) is 14.6. The molecule has 0 saturated heterocycles. The fourth-order valence-electron chi connectivity index (χ4n) is 4.05. The number of rotatable bonds is 8. The highest BCUT2D eigenvalue weighted by molar-refractivity contribution is 6.09. The Hall–Kier alpha value is -3.21. The molecule has 152 valence electrons. The van der Waals surface area contributed by atoms with Gasteiger partial charge in [0.05, 0.1) is 14.1 Å². The molecule has 0 radical (unpaired) electrons. The van der Waals surface area contributed by atoms with Gasteiger partial charge >= 0.3 is 0 Å². The van der Waals surface area contributed by atoms with E-state index < -0.39 is 0 Å². The molecule has 0 saturated carbocycles. The molecule has 1 atom stereocenters. The highest BCUT2D eigenvalue weighted by Gasteiger charge is 2.27. The van der Waals surface area contributed by atoms with Crippen LogP contribution in [0.3, 0.4) is 0 Å². The smallest absolute Gasteiger partial charge is 0.226 e. The van der Waals surface area contributed by atoms with Gasteiger partial charge in [-0.1, -0.05) is 72.8 Å². The maximum absolute atomic E-state index is 13.6. The second kappa shape index (κ2) is 9.08. The number of ketones is 1. The van der Waals surface area contributed by atoms with Crippen LogP contribution in [0.5, 0.6) is 0 Å². The van der Waals surface area contributed by atoms with Gasteiger partial charge < -0.3 is 15.2 Å². The molecule has 1 heterocycles. The van der Waals surface area contributed by atoms with E-state index in [9.17, 15) is 4.79 Å². The molecule has 0 fully saturated rings. The Bertz CT molecular complexity index is 1130. The highest BCUT2D eigenvalue weighted by atomic mass is 16.1. The summed E-state index contributed by atoms with van der Waals surface area (Å²) in [6, 6.07) is 26.3. The quantitative estimate of drug-likeness (QED) is 0.392. The van der Waals surface area contributed by atoms with Crippen LogP contribution in [0.1, 0.15) is 33.1 Å². The molecule has 0 amide bonds. The molecule has 3 aromatic carbocycles. The zero-order chi connectivity index (χ0) is 20.9. The Balaban J connectivity index is 1.64. The number of aromatic amines is 1. The lowest BCUT2D eigenvalue weighted by atomic mass is 9.96. The van der Waals surface area contributed by atoms with Crippen molar-refractivity contribution in [2.24, 2.45) is 0 Å². The summed E-state index contributed by atoms with van der Waals surface area (Å²) in [6.45, 7) is 1.73. The number of quaternary nitrogens is 2. The molecular formula is C26H29N3O+2. The molecule has 0 aliphatic carbocycles. The first kappa shape index (κ1) is 20.1. The van der Waals surface area contributed by atoms with Crippen LogP contribution in [0.4, 0.5) is 0 Å². The fourth-order valence-corrected chi connectivity index (χ4v) is 4.05. The van der Waals surface area contributed by atoms with Crippen LogP contribution in [-0.2, 0) is 13.1 Å². The van der Waals surface area contributed by atoms with Crippen molar-refractivity contribution < 1.29 is 15.0 Å². The molecule has 4 aromatic rings. The molecule has 0 spiro atoms. The van der Waals surface area contributed by atoms with Gasteiger partial charge in [0.1, 0.15) is 13.1 Å². The third kappa shape index (κ3) is 4.35. The molecule has 0 aliphatic rings. The van der Waals surface area contributed by atoms with E-state index in [1.54, 1.807) is 0 Å². The first-order valence-electron chi connectivity index (χ1n) is 10.5. The van der Waals surface area contributed by atoms with Crippen molar-refractivity contribution >= 4 is 16.7 Å². The largest absolute Gasteiger partial charge is 0.360 e. The van der Waals surface area contributed by atoms with Crippen LogP contribution in [0, 0.1) is 0 Å². The summed E-state index contributed by atoms with van der Waals surface area (Å²) in [5, 5.41) is 3.15. The summed E-state index contributed by atoms with van der Waals surface area (Å²) >= 11 is 0. The van der Waals surface area contributed by atoms with Crippen LogP contribution in [0.25, 0.3) is 10.9 Å². The van der Waals surface area contributed by atoms with E-state index in [1.165, 1.54) is 16.0 Å².